The molecule has 0 saturated carbocycles. The highest BCUT2D eigenvalue weighted by Crippen LogP contribution is 2.37. The van der Waals surface area contributed by atoms with E-state index in [0.717, 1.165) is 4.90 Å². The Balaban J connectivity index is 2.72. The number of hydrogen-bond acceptors (Lipinski definition) is 3. The lowest BCUT2D eigenvalue weighted by Crippen LogP contribution is -2.51. The van der Waals surface area contributed by atoms with E-state index in [1.54, 1.807) is 20.8 Å². The number of carbonyl (C=O) groups excluding carboxylic acids is 1. The topological polar surface area (TPSA) is 55.6 Å². The molecule has 112 valence electrons. The van der Waals surface area contributed by atoms with Crippen molar-refractivity contribution in [2.24, 2.45) is 17.6 Å². The number of carbonyl (C=O) groups is 1. The fourth-order valence-electron chi connectivity index (χ4n) is 2.15. The molecule has 1 aliphatic rings. The molecule has 0 aromatic carbocycles. The number of piperidine rings is 1. The van der Waals surface area contributed by atoms with Gasteiger partial charge >= 0.3 is 12.3 Å². The molecule has 0 unspecified atom stereocenters. The van der Waals surface area contributed by atoms with Crippen molar-refractivity contribution < 1.29 is 22.7 Å². The Bertz CT molecular complexity index is 326. The van der Waals surface area contributed by atoms with Crippen LogP contribution in [0.2, 0.25) is 0 Å². The maximum absolute atomic E-state index is 12.9. The Labute approximate surface area is 111 Å². The average molecular weight is 282 g/mol. The van der Waals surface area contributed by atoms with Crippen LogP contribution in [0.5, 0.6) is 0 Å². The van der Waals surface area contributed by atoms with Crippen molar-refractivity contribution in [1.82, 2.24) is 4.90 Å². The zero-order chi connectivity index (χ0) is 14.8. The third kappa shape index (κ3) is 4.56. The van der Waals surface area contributed by atoms with Crippen molar-refractivity contribution in [3.8, 4) is 0 Å². The van der Waals surface area contributed by atoms with Crippen molar-refractivity contribution in [2.75, 3.05) is 19.6 Å². The Morgan fingerprint density at radius 3 is 2.37 bits per heavy atom. The molecule has 0 aliphatic carbocycles. The highest BCUT2D eigenvalue weighted by atomic mass is 19.4. The minimum absolute atomic E-state index is 0.0215. The van der Waals surface area contributed by atoms with E-state index in [1.165, 1.54) is 0 Å². The molecule has 0 aromatic rings. The molecular weight excluding hydrogens is 261 g/mol. The van der Waals surface area contributed by atoms with Gasteiger partial charge < -0.3 is 15.4 Å². The lowest BCUT2D eigenvalue weighted by Gasteiger charge is -2.39. The van der Waals surface area contributed by atoms with E-state index >= 15 is 0 Å². The second kappa shape index (κ2) is 5.56. The number of amides is 1. The van der Waals surface area contributed by atoms with Crippen LogP contribution in [0.25, 0.3) is 0 Å². The SMILES string of the molecule is CC(C)(C)OC(=O)N1CC[C@@H](CN)[C@H](C(F)(F)F)C1. The summed E-state index contributed by atoms with van der Waals surface area (Å²) in [5.74, 6) is -2.20. The number of rotatable bonds is 1. The lowest BCUT2D eigenvalue weighted by molar-refractivity contribution is -0.199. The summed E-state index contributed by atoms with van der Waals surface area (Å²) in [6, 6.07) is 0. The van der Waals surface area contributed by atoms with Gasteiger partial charge in [0.1, 0.15) is 5.60 Å². The van der Waals surface area contributed by atoms with Crippen LogP contribution in [0.4, 0.5) is 18.0 Å². The Hall–Kier alpha value is -0.980. The largest absolute Gasteiger partial charge is 0.444 e. The van der Waals surface area contributed by atoms with Crippen LogP contribution in [0.1, 0.15) is 27.2 Å². The lowest BCUT2D eigenvalue weighted by atomic mass is 9.85. The fraction of sp³-hybridized carbons (Fsp3) is 0.917. The quantitative estimate of drug-likeness (QED) is 0.803. The molecule has 1 aliphatic heterocycles. The number of likely N-dealkylation sites (tertiary alicyclic amines) is 1. The number of ether oxygens (including phenoxy) is 1. The molecule has 0 radical (unpaired) electrons. The molecule has 0 aromatic heterocycles. The zero-order valence-electron chi connectivity index (χ0n) is 11.5. The van der Waals surface area contributed by atoms with Crippen molar-refractivity contribution in [3.63, 3.8) is 0 Å². The normalized spacial score (nSPS) is 25.3. The van der Waals surface area contributed by atoms with Gasteiger partial charge in [-0.25, -0.2) is 4.79 Å². The third-order valence-electron chi connectivity index (χ3n) is 3.13. The van der Waals surface area contributed by atoms with Gasteiger partial charge in [0.25, 0.3) is 0 Å². The molecule has 19 heavy (non-hydrogen) atoms. The third-order valence-corrected chi connectivity index (χ3v) is 3.13. The molecule has 7 heteroatoms. The van der Waals surface area contributed by atoms with Gasteiger partial charge in [-0.05, 0) is 39.7 Å². The Morgan fingerprint density at radius 2 is 1.95 bits per heavy atom. The summed E-state index contributed by atoms with van der Waals surface area (Å²) in [6.45, 7) is 4.90. The number of nitrogens with zero attached hydrogens (tertiary/aromatic N) is 1. The van der Waals surface area contributed by atoms with E-state index in [-0.39, 0.29) is 26.1 Å². The molecule has 2 atom stereocenters. The maximum atomic E-state index is 12.9. The molecule has 1 heterocycles. The van der Waals surface area contributed by atoms with Crippen LogP contribution in [-0.2, 0) is 4.74 Å². The second-order valence-corrected chi connectivity index (χ2v) is 5.86. The first kappa shape index (κ1) is 16.1. The number of nitrogens with two attached hydrogens (primary N) is 1. The highest BCUT2D eigenvalue weighted by Gasteiger charge is 2.48. The van der Waals surface area contributed by atoms with Gasteiger partial charge in [-0.2, -0.15) is 13.2 Å². The first-order chi connectivity index (χ1) is 8.54. The predicted molar refractivity (Wildman–Crippen MR) is 64.5 cm³/mol. The van der Waals surface area contributed by atoms with Crippen LogP contribution in [0, 0.1) is 11.8 Å². The molecule has 1 amide bonds. The van der Waals surface area contributed by atoms with Crippen LogP contribution in [0.3, 0.4) is 0 Å². The van der Waals surface area contributed by atoms with Gasteiger partial charge in [0.05, 0.1) is 5.92 Å². The van der Waals surface area contributed by atoms with Gasteiger partial charge in [0.15, 0.2) is 0 Å². The van der Waals surface area contributed by atoms with Gasteiger partial charge in [0, 0.05) is 13.1 Å². The van der Waals surface area contributed by atoms with Crippen LogP contribution >= 0.6 is 0 Å². The van der Waals surface area contributed by atoms with E-state index < -0.39 is 29.7 Å². The van der Waals surface area contributed by atoms with Crippen molar-refractivity contribution in [3.05, 3.63) is 0 Å². The van der Waals surface area contributed by atoms with Gasteiger partial charge in [-0.3, -0.25) is 0 Å². The van der Waals surface area contributed by atoms with Crippen LogP contribution in [0.15, 0.2) is 0 Å². The summed E-state index contributed by atoms with van der Waals surface area (Å²) in [4.78, 5) is 12.9. The number of hydrogen-bond donors (Lipinski definition) is 1. The summed E-state index contributed by atoms with van der Waals surface area (Å²) in [5.41, 5.74) is 4.67. The summed E-state index contributed by atoms with van der Waals surface area (Å²) in [7, 11) is 0. The van der Waals surface area contributed by atoms with E-state index in [0.29, 0.717) is 0 Å². The average Bonchev–Trinajstić information content (AvgIpc) is 2.24. The van der Waals surface area contributed by atoms with Crippen LogP contribution < -0.4 is 5.73 Å². The maximum Gasteiger partial charge on any atom is 0.410 e. The highest BCUT2D eigenvalue weighted by molar-refractivity contribution is 5.68. The predicted octanol–water partition coefficient (Wildman–Crippen LogP) is 2.38. The number of alkyl halides is 3. The van der Waals surface area contributed by atoms with Gasteiger partial charge in [-0.1, -0.05) is 0 Å². The first-order valence-electron chi connectivity index (χ1n) is 6.29. The van der Waals surface area contributed by atoms with E-state index in [9.17, 15) is 18.0 Å². The minimum Gasteiger partial charge on any atom is -0.444 e. The minimum atomic E-state index is -4.34. The molecule has 2 N–H and O–H groups in total. The van der Waals surface area contributed by atoms with Crippen molar-refractivity contribution in [2.45, 2.75) is 39.0 Å². The summed E-state index contributed by atoms with van der Waals surface area (Å²) in [6.07, 6.45) is -4.79. The molecule has 1 rings (SSSR count). The van der Waals surface area contributed by atoms with Gasteiger partial charge in [0.2, 0.25) is 0 Å². The van der Waals surface area contributed by atoms with Crippen molar-refractivity contribution >= 4 is 6.09 Å². The van der Waals surface area contributed by atoms with E-state index in [4.69, 9.17) is 10.5 Å². The van der Waals surface area contributed by atoms with E-state index in [2.05, 4.69) is 0 Å². The van der Waals surface area contributed by atoms with Crippen molar-refractivity contribution in [1.29, 1.82) is 0 Å². The fourth-order valence-corrected chi connectivity index (χ4v) is 2.15. The zero-order valence-corrected chi connectivity index (χ0v) is 11.5. The molecule has 1 saturated heterocycles. The Morgan fingerprint density at radius 1 is 1.37 bits per heavy atom. The smallest absolute Gasteiger partial charge is 0.410 e. The summed E-state index contributed by atoms with van der Waals surface area (Å²) >= 11 is 0. The molecule has 4 nitrogen and oxygen atoms in total. The standard InChI is InChI=1S/C12H21F3N2O2/c1-11(2,3)19-10(18)17-5-4-8(6-16)9(7-17)12(13,14)15/h8-9H,4-7,16H2,1-3H3/t8-,9+/m0/s1. The van der Waals surface area contributed by atoms with Crippen LogP contribution in [-0.4, -0.2) is 42.4 Å². The molecule has 0 spiro atoms. The molecule has 1 fully saturated rings. The monoisotopic (exact) mass is 282 g/mol. The van der Waals surface area contributed by atoms with Gasteiger partial charge in [-0.15, -0.1) is 0 Å². The summed E-state index contributed by atoms with van der Waals surface area (Å²) in [5, 5.41) is 0. The molecule has 0 bridgehead atoms. The van der Waals surface area contributed by atoms with E-state index in [1.807, 2.05) is 0 Å². The molecular formula is C12H21F3N2O2. The number of halogens is 3. The summed E-state index contributed by atoms with van der Waals surface area (Å²) < 4.78 is 43.9. The first-order valence-corrected chi connectivity index (χ1v) is 6.29. The Kier molecular flexibility index (Phi) is 4.71. The second-order valence-electron chi connectivity index (χ2n) is 5.86.